The van der Waals surface area contributed by atoms with Gasteiger partial charge < -0.3 is 4.74 Å². The first-order chi connectivity index (χ1) is 7.72. The van der Waals surface area contributed by atoms with E-state index >= 15 is 0 Å². The molecule has 0 atom stereocenters. The van der Waals surface area contributed by atoms with E-state index in [9.17, 15) is 4.79 Å². The summed E-state index contributed by atoms with van der Waals surface area (Å²) < 4.78 is 4.77. The minimum absolute atomic E-state index is 0.279. The van der Waals surface area contributed by atoms with E-state index in [1.807, 2.05) is 30.3 Å². The molecule has 0 aliphatic rings. The average Bonchev–Trinajstić information content (AvgIpc) is 2.27. The quantitative estimate of drug-likeness (QED) is 0.581. The number of rotatable bonds is 5. The highest BCUT2D eigenvalue weighted by molar-refractivity contribution is 6.30. The Labute approximate surface area is 101 Å². The Morgan fingerprint density at radius 2 is 2.06 bits per heavy atom. The van der Waals surface area contributed by atoms with Gasteiger partial charge >= 0.3 is 5.97 Å². The van der Waals surface area contributed by atoms with Crippen molar-refractivity contribution in [2.24, 2.45) is 0 Å². The standard InChI is InChI=1S/C13H15ClO2/c1-2-16-13(15)6-4-3-5-11-7-9-12(14)10-8-11/h4,6-10H,2-3,5H2,1H3. The number of esters is 1. The Morgan fingerprint density at radius 1 is 1.38 bits per heavy atom. The maximum atomic E-state index is 11.0. The maximum absolute atomic E-state index is 11.0. The number of benzene rings is 1. The van der Waals surface area contributed by atoms with Gasteiger partial charge in [-0.05, 0) is 37.5 Å². The van der Waals surface area contributed by atoms with Gasteiger partial charge in [0.25, 0.3) is 0 Å². The molecule has 1 rings (SSSR count). The van der Waals surface area contributed by atoms with Crippen LogP contribution in [0.2, 0.25) is 5.02 Å². The molecule has 0 aromatic heterocycles. The van der Waals surface area contributed by atoms with E-state index in [0.29, 0.717) is 6.61 Å². The van der Waals surface area contributed by atoms with Gasteiger partial charge in [-0.3, -0.25) is 0 Å². The van der Waals surface area contributed by atoms with Gasteiger partial charge in [0, 0.05) is 11.1 Å². The Hall–Kier alpha value is -1.28. The van der Waals surface area contributed by atoms with Gasteiger partial charge in [-0.15, -0.1) is 0 Å². The summed E-state index contributed by atoms with van der Waals surface area (Å²) in [7, 11) is 0. The molecule has 0 aliphatic carbocycles. The second kappa shape index (κ2) is 7.07. The van der Waals surface area contributed by atoms with Crippen LogP contribution in [0.1, 0.15) is 18.9 Å². The fourth-order valence-electron chi connectivity index (χ4n) is 1.27. The number of allylic oxidation sites excluding steroid dienone is 1. The largest absolute Gasteiger partial charge is 0.463 e. The lowest BCUT2D eigenvalue weighted by atomic mass is 10.1. The average molecular weight is 239 g/mol. The van der Waals surface area contributed by atoms with Crippen molar-refractivity contribution in [1.82, 2.24) is 0 Å². The molecule has 16 heavy (non-hydrogen) atoms. The van der Waals surface area contributed by atoms with E-state index in [2.05, 4.69) is 0 Å². The summed E-state index contributed by atoms with van der Waals surface area (Å²) in [6.45, 7) is 2.21. The van der Waals surface area contributed by atoms with Gasteiger partial charge in [0.15, 0.2) is 0 Å². The van der Waals surface area contributed by atoms with Crippen LogP contribution in [-0.4, -0.2) is 12.6 Å². The Kier molecular flexibility index (Phi) is 5.65. The van der Waals surface area contributed by atoms with Gasteiger partial charge in [0.2, 0.25) is 0 Å². The zero-order chi connectivity index (χ0) is 11.8. The zero-order valence-electron chi connectivity index (χ0n) is 9.28. The minimum Gasteiger partial charge on any atom is -0.463 e. The van der Waals surface area contributed by atoms with Gasteiger partial charge in [-0.2, -0.15) is 0 Å². The molecule has 1 aromatic carbocycles. The molecule has 0 bridgehead atoms. The summed E-state index contributed by atoms with van der Waals surface area (Å²) in [6, 6.07) is 7.71. The summed E-state index contributed by atoms with van der Waals surface area (Å²) in [5.74, 6) is -0.279. The number of hydrogen-bond donors (Lipinski definition) is 0. The van der Waals surface area contributed by atoms with Crippen molar-refractivity contribution in [3.63, 3.8) is 0 Å². The molecule has 0 radical (unpaired) electrons. The second-order valence-corrected chi connectivity index (χ2v) is 3.76. The molecular formula is C13H15ClO2. The lowest BCUT2D eigenvalue weighted by Crippen LogP contribution is -1.98. The van der Waals surface area contributed by atoms with E-state index in [0.717, 1.165) is 17.9 Å². The minimum atomic E-state index is -0.279. The molecule has 0 fully saturated rings. The van der Waals surface area contributed by atoms with Crippen LogP contribution < -0.4 is 0 Å². The zero-order valence-corrected chi connectivity index (χ0v) is 10.0. The number of hydrogen-bond acceptors (Lipinski definition) is 2. The summed E-state index contributed by atoms with van der Waals surface area (Å²) in [4.78, 5) is 11.0. The smallest absolute Gasteiger partial charge is 0.330 e. The van der Waals surface area contributed by atoms with Crippen molar-refractivity contribution in [3.8, 4) is 0 Å². The molecule has 86 valence electrons. The van der Waals surface area contributed by atoms with Crippen LogP contribution in [0.15, 0.2) is 36.4 Å². The second-order valence-electron chi connectivity index (χ2n) is 3.32. The molecule has 0 N–H and O–H groups in total. The lowest BCUT2D eigenvalue weighted by Gasteiger charge is -1.98. The molecule has 0 saturated heterocycles. The summed E-state index contributed by atoms with van der Waals surface area (Å²) in [5, 5.41) is 0.741. The molecule has 0 spiro atoms. The molecule has 0 unspecified atom stereocenters. The summed E-state index contributed by atoms with van der Waals surface area (Å²) in [6.07, 6.45) is 5.01. The number of carbonyl (C=O) groups excluding carboxylic acids is 1. The van der Waals surface area contributed by atoms with Crippen molar-refractivity contribution >= 4 is 17.6 Å². The molecular weight excluding hydrogens is 224 g/mol. The van der Waals surface area contributed by atoms with Gasteiger partial charge in [-0.1, -0.05) is 29.8 Å². The topological polar surface area (TPSA) is 26.3 Å². The fraction of sp³-hybridized carbons (Fsp3) is 0.308. The van der Waals surface area contributed by atoms with Crippen LogP contribution in [-0.2, 0) is 16.0 Å². The molecule has 0 aliphatic heterocycles. The van der Waals surface area contributed by atoms with E-state index in [-0.39, 0.29) is 5.97 Å². The highest BCUT2D eigenvalue weighted by Crippen LogP contribution is 2.10. The molecule has 0 amide bonds. The Balaban J connectivity index is 2.30. The van der Waals surface area contributed by atoms with E-state index in [1.165, 1.54) is 11.6 Å². The number of carbonyl (C=O) groups is 1. The monoisotopic (exact) mass is 238 g/mol. The third kappa shape index (κ3) is 4.99. The molecule has 3 heteroatoms. The fourth-order valence-corrected chi connectivity index (χ4v) is 1.40. The normalized spacial score (nSPS) is 10.6. The predicted octanol–water partition coefficient (Wildman–Crippen LogP) is 3.39. The first kappa shape index (κ1) is 12.8. The van der Waals surface area contributed by atoms with Crippen LogP contribution in [0.5, 0.6) is 0 Å². The highest BCUT2D eigenvalue weighted by Gasteiger charge is 1.94. The highest BCUT2D eigenvalue weighted by atomic mass is 35.5. The van der Waals surface area contributed by atoms with Crippen molar-refractivity contribution < 1.29 is 9.53 Å². The molecule has 0 heterocycles. The van der Waals surface area contributed by atoms with Crippen LogP contribution >= 0.6 is 11.6 Å². The Bertz CT molecular complexity index is 355. The lowest BCUT2D eigenvalue weighted by molar-refractivity contribution is -0.137. The number of ether oxygens (including phenoxy) is 1. The first-order valence-electron chi connectivity index (χ1n) is 5.30. The van der Waals surface area contributed by atoms with E-state index in [4.69, 9.17) is 16.3 Å². The van der Waals surface area contributed by atoms with Crippen molar-refractivity contribution in [2.45, 2.75) is 19.8 Å². The van der Waals surface area contributed by atoms with Crippen LogP contribution in [0.4, 0.5) is 0 Å². The van der Waals surface area contributed by atoms with Crippen molar-refractivity contribution in [3.05, 3.63) is 47.0 Å². The third-order valence-corrected chi connectivity index (χ3v) is 2.31. The van der Waals surface area contributed by atoms with Gasteiger partial charge in [0.1, 0.15) is 0 Å². The molecule has 1 aromatic rings. The first-order valence-corrected chi connectivity index (χ1v) is 5.68. The van der Waals surface area contributed by atoms with Crippen molar-refractivity contribution in [2.75, 3.05) is 6.61 Å². The van der Waals surface area contributed by atoms with Crippen LogP contribution in [0.25, 0.3) is 0 Å². The van der Waals surface area contributed by atoms with Gasteiger partial charge in [-0.25, -0.2) is 4.79 Å². The van der Waals surface area contributed by atoms with Gasteiger partial charge in [0.05, 0.1) is 6.61 Å². The van der Waals surface area contributed by atoms with Crippen LogP contribution in [0, 0.1) is 0 Å². The van der Waals surface area contributed by atoms with E-state index < -0.39 is 0 Å². The number of halogens is 1. The Morgan fingerprint density at radius 3 is 2.69 bits per heavy atom. The summed E-state index contributed by atoms with van der Waals surface area (Å²) >= 11 is 5.77. The van der Waals surface area contributed by atoms with E-state index in [1.54, 1.807) is 6.92 Å². The number of aryl methyl sites for hydroxylation is 1. The summed E-state index contributed by atoms with van der Waals surface area (Å²) in [5.41, 5.74) is 1.21. The van der Waals surface area contributed by atoms with Crippen LogP contribution in [0.3, 0.4) is 0 Å². The predicted molar refractivity (Wildman–Crippen MR) is 65.5 cm³/mol. The van der Waals surface area contributed by atoms with Crippen molar-refractivity contribution in [1.29, 1.82) is 0 Å². The maximum Gasteiger partial charge on any atom is 0.330 e. The molecule has 0 saturated carbocycles. The third-order valence-electron chi connectivity index (χ3n) is 2.05. The SMILES string of the molecule is CCOC(=O)C=CCCc1ccc(Cl)cc1. The molecule has 2 nitrogen and oxygen atoms in total.